The number of rotatable bonds is 2. The van der Waals surface area contributed by atoms with Crippen LogP contribution in [0.25, 0.3) is 0 Å². The van der Waals surface area contributed by atoms with Crippen LogP contribution >= 0.6 is 0 Å². The van der Waals surface area contributed by atoms with Gasteiger partial charge in [0.05, 0.1) is 6.04 Å². The van der Waals surface area contributed by atoms with E-state index in [4.69, 9.17) is 5.73 Å². The van der Waals surface area contributed by atoms with Gasteiger partial charge in [0.1, 0.15) is 0 Å². The van der Waals surface area contributed by atoms with Gasteiger partial charge in [-0.1, -0.05) is 6.42 Å². The SMILES string of the molecule is CC(N)C(=O)N1CCC(N2CCCCC2)C1. The van der Waals surface area contributed by atoms with Gasteiger partial charge in [-0.3, -0.25) is 9.69 Å². The molecule has 2 aliphatic rings. The highest BCUT2D eigenvalue weighted by molar-refractivity contribution is 5.81. The Kier molecular flexibility index (Phi) is 3.82. The van der Waals surface area contributed by atoms with Crippen molar-refractivity contribution in [3.63, 3.8) is 0 Å². The minimum atomic E-state index is -0.347. The number of piperidine rings is 1. The summed E-state index contributed by atoms with van der Waals surface area (Å²) in [7, 11) is 0. The van der Waals surface area contributed by atoms with E-state index in [9.17, 15) is 4.79 Å². The van der Waals surface area contributed by atoms with Crippen LogP contribution in [0.2, 0.25) is 0 Å². The highest BCUT2D eigenvalue weighted by atomic mass is 16.2. The molecule has 92 valence electrons. The summed E-state index contributed by atoms with van der Waals surface area (Å²) in [5.41, 5.74) is 5.63. The first-order valence-corrected chi connectivity index (χ1v) is 6.47. The molecule has 0 saturated carbocycles. The second-order valence-corrected chi connectivity index (χ2v) is 5.11. The summed E-state index contributed by atoms with van der Waals surface area (Å²) in [6.07, 6.45) is 5.12. The molecule has 2 fully saturated rings. The van der Waals surface area contributed by atoms with Crippen molar-refractivity contribution in [2.45, 2.75) is 44.7 Å². The van der Waals surface area contributed by atoms with Crippen molar-refractivity contribution in [2.24, 2.45) is 5.73 Å². The van der Waals surface area contributed by atoms with Gasteiger partial charge < -0.3 is 10.6 Å². The van der Waals surface area contributed by atoms with E-state index in [0.29, 0.717) is 6.04 Å². The zero-order valence-corrected chi connectivity index (χ0v) is 10.2. The molecule has 16 heavy (non-hydrogen) atoms. The van der Waals surface area contributed by atoms with Crippen LogP contribution in [0.15, 0.2) is 0 Å². The van der Waals surface area contributed by atoms with Crippen molar-refractivity contribution < 1.29 is 4.79 Å². The molecule has 4 heteroatoms. The van der Waals surface area contributed by atoms with Crippen molar-refractivity contribution in [3.05, 3.63) is 0 Å². The Bertz CT molecular complexity index is 249. The molecule has 0 bridgehead atoms. The zero-order valence-electron chi connectivity index (χ0n) is 10.2. The summed E-state index contributed by atoms with van der Waals surface area (Å²) >= 11 is 0. The summed E-state index contributed by atoms with van der Waals surface area (Å²) in [4.78, 5) is 16.2. The van der Waals surface area contributed by atoms with Gasteiger partial charge in [0.15, 0.2) is 0 Å². The molecule has 0 aliphatic carbocycles. The van der Waals surface area contributed by atoms with E-state index >= 15 is 0 Å². The second-order valence-electron chi connectivity index (χ2n) is 5.11. The van der Waals surface area contributed by atoms with Crippen LogP contribution in [0.3, 0.4) is 0 Å². The standard InChI is InChI=1S/C12H23N3O/c1-10(13)12(16)15-8-5-11(9-15)14-6-3-2-4-7-14/h10-11H,2-9,13H2,1H3. The number of carbonyl (C=O) groups excluding carboxylic acids is 1. The van der Waals surface area contributed by atoms with Crippen LogP contribution in [-0.2, 0) is 4.79 Å². The zero-order chi connectivity index (χ0) is 11.5. The van der Waals surface area contributed by atoms with Crippen LogP contribution in [0.4, 0.5) is 0 Å². The van der Waals surface area contributed by atoms with Crippen LogP contribution in [-0.4, -0.2) is 54.0 Å². The summed E-state index contributed by atoms with van der Waals surface area (Å²) in [5, 5.41) is 0. The van der Waals surface area contributed by atoms with Gasteiger partial charge in [0.2, 0.25) is 5.91 Å². The summed E-state index contributed by atoms with van der Waals surface area (Å²) in [6, 6.07) is 0.239. The van der Waals surface area contributed by atoms with E-state index in [1.165, 1.54) is 32.4 Å². The molecule has 1 amide bonds. The molecule has 2 unspecified atom stereocenters. The molecule has 0 aromatic rings. The van der Waals surface area contributed by atoms with E-state index in [0.717, 1.165) is 19.5 Å². The lowest BCUT2D eigenvalue weighted by molar-refractivity contribution is -0.131. The van der Waals surface area contributed by atoms with E-state index in [2.05, 4.69) is 4.90 Å². The predicted molar refractivity (Wildman–Crippen MR) is 64.1 cm³/mol. The lowest BCUT2D eigenvalue weighted by Crippen LogP contribution is -2.44. The van der Waals surface area contributed by atoms with Gasteiger partial charge in [-0.05, 0) is 39.3 Å². The molecule has 2 N–H and O–H groups in total. The van der Waals surface area contributed by atoms with Gasteiger partial charge in [-0.2, -0.15) is 0 Å². The van der Waals surface area contributed by atoms with E-state index in [1.807, 2.05) is 4.90 Å². The molecule has 4 nitrogen and oxygen atoms in total. The Morgan fingerprint density at radius 2 is 1.94 bits per heavy atom. The lowest BCUT2D eigenvalue weighted by Gasteiger charge is -2.32. The first-order valence-electron chi connectivity index (χ1n) is 6.47. The maximum Gasteiger partial charge on any atom is 0.239 e. The van der Waals surface area contributed by atoms with E-state index < -0.39 is 0 Å². The Hall–Kier alpha value is -0.610. The highest BCUT2D eigenvalue weighted by Gasteiger charge is 2.31. The minimum absolute atomic E-state index is 0.111. The van der Waals surface area contributed by atoms with Crippen LogP contribution in [0, 0.1) is 0 Å². The monoisotopic (exact) mass is 225 g/mol. The van der Waals surface area contributed by atoms with Gasteiger partial charge in [-0.25, -0.2) is 0 Å². The number of likely N-dealkylation sites (tertiary alicyclic amines) is 2. The average molecular weight is 225 g/mol. The number of hydrogen-bond acceptors (Lipinski definition) is 3. The van der Waals surface area contributed by atoms with Crippen LogP contribution in [0.1, 0.15) is 32.6 Å². The molecule has 2 aliphatic heterocycles. The Labute approximate surface area is 97.8 Å². The van der Waals surface area contributed by atoms with Gasteiger partial charge in [0.25, 0.3) is 0 Å². The third-order valence-corrected chi connectivity index (χ3v) is 3.77. The molecule has 0 radical (unpaired) electrons. The second kappa shape index (κ2) is 5.15. The molecular formula is C12H23N3O. The number of amides is 1. The molecule has 0 aromatic carbocycles. The number of nitrogens with two attached hydrogens (primary N) is 1. The van der Waals surface area contributed by atoms with Crippen molar-refractivity contribution in [2.75, 3.05) is 26.2 Å². The topological polar surface area (TPSA) is 49.6 Å². The Morgan fingerprint density at radius 3 is 2.56 bits per heavy atom. The lowest BCUT2D eigenvalue weighted by atomic mass is 10.1. The van der Waals surface area contributed by atoms with Crippen LogP contribution in [0.5, 0.6) is 0 Å². The fourth-order valence-corrected chi connectivity index (χ4v) is 2.81. The molecule has 0 aromatic heterocycles. The maximum atomic E-state index is 11.8. The van der Waals surface area contributed by atoms with Gasteiger partial charge >= 0.3 is 0 Å². The largest absolute Gasteiger partial charge is 0.340 e. The van der Waals surface area contributed by atoms with Crippen molar-refractivity contribution in [3.8, 4) is 0 Å². The molecule has 2 heterocycles. The minimum Gasteiger partial charge on any atom is -0.340 e. The van der Waals surface area contributed by atoms with Crippen molar-refractivity contribution >= 4 is 5.91 Å². The van der Waals surface area contributed by atoms with Crippen molar-refractivity contribution in [1.29, 1.82) is 0 Å². The van der Waals surface area contributed by atoms with Gasteiger partial charge in [-0.15, -0.1) is 0 Å². The summed E-state index contributed by atoms with van der Waals surface area (Å²) < 4.78 is 0. The fourth-order valence-electron chi connectivity index (χ4n) is 2.81. The number of nitrogens with zero attached hydrogens (tertiary/aromatic N) is 2. The van der Waals surface area contributed by atoms with Crippen molar-refractivity contribution in [1.82, 2.24) is 9.80 Å². The Balaban J connectivity index is 1.85. The predicted octanol–water partition coefficient (Wildman–Crippen LogP) is 0.420. The van der Waals surface area contributed by atoms with E-state index in [-0.39, 0.29) is 11.9 Å². The smallest absolute Gasteiger partial charge is 0.239 e. The maximum absolute atomic E-state index is 11.8. The Morgan fingerprint density at radius 1 is 1.25 bits per heavy atom. The molecular weight excluding hydrogens is 202 g/mol. The molecule has 2 rings (SSSR count). The van der Waals surface area contributed by atoms with Crippen LogP contribution < -0.4 is 5.73 Å². The number of carbonyl (C=O) groups is 1. The molecule has 2 saturated heterocycles. The van der Waals surface area contributed by atoms with E-state index in [1.54, 1.807) is 6.92 Å². The fraction of sp³-hybridized carbons (Fsp3) is 0.917. The first kappa shape index (κ1) is 11.9. The first-order chi connectivity index (χ1) is 7.68. The third-order valence-electron chi connectivity index (χ3n) is 3.77. The average Bonchev–Trinajstić information content (AvgIpc) is 2.78. The highest BCUT2D eigenvalue weighted by Crippen LogP contribution is 2.20. The summed E-state index contributed by atoms with van der Waals surface area (Å²) in [6.45, 7) is 5.98. The number of hydrogen-bond donors (Lipinski definition) is 1. The molecule has 0 spiro atoms. The molecule has 2 atom stereocenters. The third kappa shape index (κ3) is 2.55. The normalized spacial score (nSPS) is 29.4. The quantitative estimate of drug-likeness (QED) is 0.741. The summed E-state index contributed by atoms with van der Waals surface area (Å²) in [5.74, 6) is 0.111. The van der Waals surface area contributed by atoms with Gasteiger partial charge in [0, 0.05) is 19.1 Å².